The summed E-state index contributed by atoms with van der Waals surface area (Å²) in [5.74, 6) is 0.899. The molecule has 1 aromatic heterocycles. The van der Waals surface area contributed by atoms with E-state index in [9.17, 15) is 4.79 Å². The van der Waals surface area contributed by atoms with Crippen molar-refractivity contribution in [3.8, 4) is 6.07 Å². The van der Waals surface area contributed by atoms with Gasteiger partial charge in [0, 0.05) is 31.4 Å². The number of pyridine rings is 1. The quantitative estimate of drug-likeness (QED) is 0.799. The predicted molar refractivity (Wildman–Crippen MR) is 86.1 cm³/mol. The minimum absolute atomic E-state index is 0.192. The molecule has 1 amide bonds. The molecule has 2 aliphatic rings. The van der Waals surface area contributed by atoms with E-state index in [1.807, 2.05) is 11.0 Å². The average molecular weight is 314 g/mol. The number of rotatable bonds is 4. The summed E-state index contributed by atoms with van der Waals surface area (Å²) in [6, 6.07) is 6.36. The number of nitriles is 1. The number of carbonyl (C=O) groups is 1. The summed E-state index contributed by atoms with van der Waals surface area (Å²) in [5.41, 5.74) is 0.569. The van der Waals surface area contributed by atoms with Crippen LogP contribution in [0.2, 0.25) is 0 Å². The highest BCUT2D eigenvalue weighted by Crippen LogP contribution is 2.34. The number of amides is 1. The number of likely N-dealkylation sites (tertiary alicyclic amines) is 1. The first-order chi connectivity index (χ1) is 11.2. The number of hydrogen-bond donors (Lipinski definition) is 0. The molecular weight excluding hydrogens is 292 g/mol. The number of unbranched alkanes of at least 4 members (excludes halogenated alkanes) is 1. The Labute approximate surface area is 136 Å². The Kier molecular flexibility index (Phi) is 4.65. The molecule has 0 aliphatic carbocycles. The Morgan fingerprint density at radius 2 is 2.13 bits per heavy atom. The number of ether oxygens (including phenoxy) is 1. The molecule has 6 nitrogen and oxygen atoms in total. The zero-order valence-corrected chi connectivity index (χ0v) is 13.4. The van der Waals surface area contributed by atoms with Gasteiger partial charge in [-0.2, -0.15) is 5.26 Å². The number of hydrogen-bond acceptors (Lipinski definition) is 5. The summed E-state index contributed by atoms with van der Waals surface area (Å²) in [7, 11) is 0. The summed E-state index contributed by atoms with van der Waals surface area (Å²) >= 11 is 0. The molecule has 23 heavy (non-hydrogen) atoms. The standard InChI is InChI=1S/C17H22N4O2/c1-2-3-8-23-17(22)20-11-14-5-6-15(12-20)21(14)16-7-4-13(9-18)10-19-16/h4,7,10,14-15H,2-3,5-6,8,11-12H2,1H3. The lowest BCUT2D eigenvalue weighted by Crippen LogP contribution is -2.55. The fraction of sp³-hybridized carbons (Fsp3) is 0.588. The first kappa shape index (κ1) is 15.6. The lowest BCUT2D eigenvalue weighted by atomic mass is 10.2. The van der Waals surface area contributed by atoms with Crippen molar-refractivity contribution in [1.82, 2.24) is 9.88 Å². The van der Waals surface area contributed by atoms with Gasteiger partial charge in [-0.15, -0.1) is 0 Å². The van der Waals surface area contributed by atoms with Gasteiger partial charge in [0.1, 0.15) is 11.9 Å². The van der Waals surface area contributed by atoms with Gasteiger partial charge >= 0.3 is 6.09 Å². The van der Waals surface area contributed by atoms with Gasteiger partial charge in [-0.1, -0.05) is 13.3 Å². The van der Waals surface area contributed by atoms with E-state index in [-0.39, 0.29) is 18.2 Å². The third-order valence-corrected chi connectivity index (χ3v) is 4.61. The molecule has 0 N–H and O–H groups in total. The second-order valence-electron chi connectivity index (χ2n) is 6.18. The van der Waals surface area contributed by atoms with Crippen LogP contribution in [-0.4, -0.2) is 47.8 Å². The number of aromatic nitrogens is 1. The minimum Gasteiger partial charge on any atom is -0.449 e. The van der Waals surface area contributed by atoms with Crippen molar-refractivity contribution in [2.24, 2.45) is 0 Å². The largest absolute Gasteiger partial charge is 0.449 e. The molecule has 1 aromatic rings. The molecule has 0 radical (unpaired) electrons. The number of piperazine rings is 1. The van der Waals surface area contributed by atoms with Gasteiger partial charge in [0.05, 0.1) is 12.2 Å². The molecule has 2 fully saturated rings. The lowest BCUT2D eigenvalue weighted by molar-refractivity contribution is 0.0926. The Morgan fingerprint density at radius 3 is 2.70 bits per heavy atom. The van der Waals surface area contributed by atoms with Crippen molar-refractivity contribution in [3.05, 3.63) is 23.9 Å². The van der Waals surface area contributed by atoms with Crippen molar-refractivity contribution >= 4 is 11.9 Å². The van der Waals surface area contributed by atoms with Gasteiger partial charge in [-0.3, -0.25) is 0 Å². The highest BCUT2D eigenvalue weighted by molar-refractivity contribution is 5.68. The van der Waals surface area contributed by atoms with Crippen LogP contribution in [0.25, 0.3) is 0 Å². The molecule has 0 saturated carbocycles. The molecule has 2 atom stereocenters. The van der Waals surface area contributed by atoms with Crippen LogP contribution in [0.5, 0.6) is 0 Å². The van der Waals surface area contributed by atoms with Gasteiger partial charge in [0.15, 0.2) is 0 Å². The number of carbonyl (C=O) groups excluding carboxylic acids is 1. The van der Waals surface area contributed by atoms with Crippen LogP contribution in [-0.2, 0) is 4.74 Å². The Bertz CT molecular complexity index is 582. The normalized spacial score (nSPS) is 22.8. The highest BCUT2D eigenvalue weighted by atomic mass is 16.6. The maximum atomic E-state index is 12.2. The second-order valence-corrected chi connectivity index (χ2v) is 6.18. The van der Waals surface area contributed by atoms with Gasteiger partial charge in [-0.05, 0) is 31.4 Å². The summed E-state index contributed by atoms with van der Waals surface area (Å²) in [6.07, 6.45) is 5.48. The number of anilines is 1. The molecule has 6 heteroatoms. The van der Waals surface area contributed by atoms with E-state index in [0.29, 0.717) is 25.3 Å². The maximum absolute atomic E-state index is 12.2. The van der Waals surface area contributed by atoms with Gasteiger partial charge in [0.2, 0.25) is 0 Å². The molecule has 2 aliphatic heterocycles. The first-order valence-electron chi connectivity index (χ1n) is 8.29. The summed E-state index contributed by atoms with van der Waals surface area (Å²) in [5, 5.41) is 8.88. The van der Waals surface area contributed by atoms with Gasteiger partial charge in [0.25, 0.3) is 0 Å². The smallest absolute Gasteiger partial charge is 0.409 e. The number of nitrogens with zero attached hydrogens (tertiary/aromatic N) is 4. The second kappa shape index (κ2) is 6.86. The predicted octanol–water partition coefficient (Wildman–Crippen LogP) is 2.54. The topological polar surface area (TPSA) is 69.5 Å². The van der Waals surface area contributed by atoms with E-state index >= 15 is 0 Å². The molecule has 2 saturated heterocycles. The van der Waals surface area contributed by atoms with Gasteiger partial charge in [-0.25, -0.2) is 9.78 Å². The van der Waals surface area contributed by atoms with Crippen LogP contribution in [0.4, 0.5) is 10.6 Å². The molecule has 2 bridgehead atoms. The van der Waals surface area contributed by atoms with Crippen LogP contribution < -0.4 is 4.90 Å². The van der Waals surface area contributed by atoms with E-state index in [4.69, 9.17) is 10.00 Å². The van der Waals surface area contributed by atoms with Gasteiger partial charge < -0.3 is 14.5 Å². The molecule has 0 aromatic carbocycles. The summed E-state index contributed by atoms with van der Waals surface area (Å²) < 4.78 is 5.33. The maximum Gasteiger partial charge on any atom is 0.409 e. The molecule has 3 heterocycles. The zero-order valence-electron chi connectivity index (χ0n) is 13.4. The van der Waals surface area contributed by atoms with Crippen molar-refractivity contribution < 1.29 is 9.53 Å². The van der Waals surface area contributed by atoms with Crippen LogP contribution in [0.1, 0.15) is 38.2 Å². The van der Waals surface area contributed by atoms with Crippen LogP contribution >= 0.6 is 0 Å². The highest BCUT2D eigenvalue weighted by Gasteiger charge is 2.42. The molecule has 2 unspecified atom stereocenters. The fourth-order valence-corrected chi connectivity index (χ4v) is 3.43. The SMILES string of the molecule is CCCCOC(=O)N1CC2CCC(C1)N2c1ccc(C#N)cn1. The first-order valence-corrected chi connectivity index (χ1v) is 8.29. The third kappa shape index (κ3) is 3.24. The molecule has 122 valence electrons. The monoisotopic (exact) mass is 314 g/mol. The molecule has 3 rings (SSSR count). The average Bonchev–Trinajstić information content (AvgIpc) is 2.84. The van der Waals surface area contributed by atoms with E-state index in [1.165, 1.54) is 0 Å². The molecule has 0 spiro atoms. The zero-order chi connectivity index (χ0) is 16.2. The Hall–Kier alpha value is -2.29. The van der Waals surface area contributed by atoms with E-state index < -0.39 is 0 Å². The Balaban J connectivity index is 1.65. The van der Waals surface area contributed by atoms with E-state index in [0.717, 1.165) is 31.5 Å². The third-order valence-electron chi connectivity index (χ3n) is 4.61. The van der Waals surface area contributed by atoms with Crippen LogP contribution in [0.3, 0.4) is 0 Å². The Morgan fingerprint density at radius 1 is 1.39 bits per heavy atom. The summed E-state index contributed by atoms with van der Waals surface area (Å²) in [6.45, 7) is 3.95. The van der Waals surface area contributed by atoms with E-state index in [2.05, 4.69) is 22.9 Å². The van der Waals surface area contributed by atoms with Crippen molar-refractivity contribution in [2.45, 2.75) is 44.7 Å². The fourth-order valence-electron chi connectivity index (χ4n) is 3.43. The van der Waals surface area contributed by atoms with Crippen LogP contribution in [0, 0.1) is 11.3 Å². The van der Waals surface area contributed by atoms with Crippen molar-refractivity contribution in [1.29, 1.82) is 5.26 Å². The molecular formula is C17H22N4O2. The van der Waals surface area contributed by atoms with Crippen LogP contribution in [0.15, 0.2) is 18.3 Å². The number of fused-ring (bicyclic) bond motifs is 2. The summed E-state index contributed by atoms with van der Waals surface area (Å²) in [4.78, 5) is 20.7. The minimum atomic E-state index is -0.192. The van der Waals surface area contributed by atoms with Crippen molar-refractivity contribution in [3.63, 3.8) is 0 Å². The van der Waals surface area contributed by atoms with Crippen molar-refractivity contribution in [2.75, 3.05) is 24.6 Å². The van der Waals surface area contributed by atoms with E-state index in [1.54, 1.807) is 12.3 Å². The lowest BCUT2D eigenvalue weighted by Gasteiger charge is -2.41.